The molecular formula is C8H12N2O2S2. The van der Waals surface area contributed by atoms with Crippen LogP contribution in [-0.2, 0) is 9.59 Å². The summed E-state index contributed by atoms with van der Waals surface area (Å²) >= 11 is 3.53. The number of rotatable bonds is 9. The van der Waals surface area contributed by atoms with Crippen molar-refractivity contribution in [3.05, 3.63) is 0 Å². The van der Waals surface area contributed by atoms with Gasteiger partial charge in [0.1, 0.15) is 0 Å². The van der Waals surface area contributed by atoms with Crippen LogP contribution >= 0.6 is 23.5 Å². The lowest BCUT2D eigenvalue weighted by molar-refractivity contribution is 0.562. The summed E-state index contributed by atoms with van der Waals surface area (Å²) in [4.78, 5) is 26.3. The number of hydrogen-bond donors (Lipinski definition) is 0. The van der Waals surface area contributed by atoms with E-state index in [0.29, 0.717) is 13.1 Å². The normalized spacial score (nSPS) is 8.86. The second-order valence-electron chi connectivity index (χ2n) is 2.23. The molecule has 0 spiro atoms. The van der Waals surface area contributed by atoms with E-state index in [4.69, 9.17) is 0 Å². The van der Waals surface area contributed by atoms with E-state index in [0.717, 1.165) is 23.0 Å². The molecule has 0 aliphatic carbocycles. The molecule has 4 nitrogen and oxygen atoms in total. The number of aliphatic imine (C=N–C) groups is 2. The van der Waals surface area contributed by atoms with E-state index in [1.54, 1.807) is 23.5 Å². The second kappa shape index (κ2) is 12.5. The molecule has 0 saturated heterocycles. The number of nitrogens with zero attached hydrogens (tertiary/aromatic N) is 2. The maximum Gasteiger partial charge on any atom is 0.234 e. The molecule has 0 bridgehead atoms. The Hall–Kier alpha value is -0.540. The summed E-state index contributed by atoms with van der Waals surface area (Å²) in [6.45, 7) is 1.11. The van der Waals surface area contributed by atoms with Gasteiger partial charge in [0.05, 0.1) is 13.1 Å². The van der Waals surface area contributed by atoms with Crippen molar-refractivity contribution in [3.63, 3.8) is 0 Å². The van der Waals surface area contributed by atoms with E-state index in [1.165, 1.54) is 12.2 Å². The van der Waals surface area contributed by atoms with Gasteiger partial charge in [0.15, 0.2) is 0 Å². The molecule has 6 heteroatoms. The van der Waals surface area contributed by atoms with Crippen LogP contribution in [0.5, 0.6) is 0 Å². The van der Waals surface area contributed by atoms with Gasteiger partial charge in [-0.3, -0.25) is 0 Å². The molecule has 0 aromatic heterocycles. The first-order valence-electron chi connectivity index (χ1n) is 4.14. The minimum absolute atomic E-state index is 0.546. The van der Waals surface area contributed by atoms with Crippen LogP contribution in [0.1, 0.15) is 6.42 Å². The maximum atomic E-state index is 9.70. The quantitative estimate of drug-likeness (QED) is 0.261. The minimum Gasteiger partial charge on any atom is -0.211 e. The fraction of sp³-hybridized carbons (Fsp3) is 0.750. The highest BCUT2D eigenvalue weighted by Crippen LogP contribution is 2.12. The molecule has 0 saturated carbocycles. The van der Waals surface area contributed by atoms with Crippen molar-refractivity contribution in [2.24, 2.45) is 9.98 Å². The molecule has 14 heavy (non-hydrogen) atoms. The van der Waals surface area contributed by atoms with Crippen LogP contribution in [0.25, 0.3) is 0 Å². The molecule has 0 aromatic carbocycles. The van der Waals surface area contributed by atoms with Crippen LogP contribution in [0, 0.1) is 0 Å². The van der Waals surface area contributed by atoms with Gasteiger partial charge in [-0.15, -0.1) is 11.8 Å². The van der Waals surface area contributed by atoms with Crippen LogP contribution in [0.4, 0.5) is 0 Å². The molecule has 78 valence electrons. The Morgan fingerprint density at radius 1 is 0.929 bits per heavy atom. The predicted octanol–water partition coefficient (Wildman–Crippen LogP) is 1.47. The van der Waals surface area contributed by atoms with Crippen LogP contribution in [0.15, 0.2) is 9.98 Å². The van der Waals surface area contributed by atoms with E-state index < -0.39 is 0 Å². The van der Waals surface area contributed by atoms with Gasteiger partial charge in [0.2, 0.25) is 12.2 Å². The van der Waals surface area contributed by atoms with E-state index in [9.17, 15) is 9.59 Å². The van der Waals surface area contributed by atoms with Gasteiger partial charge in [0.25, 0.3) is 0 Å². The third-order valence-corrected chi connectivity index (χ3v) is 3.58. The van der Waals surface area contributed by atoms with Crippen LogP contribution in [-0.4, -0.2) is 41.8 Å². The van der Waals surface area contributed by atoms with Crippen LogP contribution < -0.4 is 0 Å². The fourth-order valence-corrected chi connectivity index (χ4v) is 2.59. The standard InChI is InChI=1S/C8H12N2O2S2/c11-6-9-2-1-4-13-8-14-5-3-10-7-12/h1-5,8H2. The fourth-order valence-electron chi connectivity index (χ4n) is 0.624. The lowest BCUT2D eigenvalue weighted by atomic mass is 10.5. The molecular weight excluding hydrogens is 220 g/mol. The van der Waals surface area contributed by atoms with Crippen molar-refractivity contribution in [3.8, 4) is 0 Å². The number of thioether (sulfide) groups is 2. The van der Waals surface area contributed by atoms with Gasteiger partial charge in [-0.1, -0.05) is 0 Å². The second-order valence-corrected chi connectivity index (χ2v) is 4.81. The highest BCUT2D eigenvalue weighted by atomic mass is 32.2. The summed E-state index contributed by atoms with van der Waals surface area (Å²) in [5.74, 6) is 1.85. The summed E-state index contributed by atoms with van der Waals surface area (Å²) in [6.07, 6.45) is 3.91. The third kappa shape index (κ3) is 11.5. The van der Waals surface area contributed by atoms with Crippen molar-refractivity contribution in [1.82, 2.24) is 0 Å². The minimum atomic E-state index is 0.546. The van der Waals surface area contributed by atoms with E-state index in [-0.39, 0.29) is 0 Å². The smallest absolute Gasteiger partial charge is 0.211 e. The number of carbonyl (C=O) groups excluding carboxylic acids is 2. The van der Waals surface area contributed by atoms with Crippen molar-refractivity contribution in [2.75, 3.05) is 29.7 Å². The molecule has 0 radical (unpaired) electrons. The van der Waals surface area contributed by atoms with Crippen molar-refractivity contribution < 1.29 is 9.59 Å². The summed E-state index contributed by atoms with van der Waals surface area (Å²) in [7, 11) is 0. The van der Waals surface area contributed by atoms with Gasteiger partial charge in [-0.2, -0.15) is 11.8 Å². The summed E-state index contributed by atoms with van der Waals surface area (Å²) in [5, 5.41) is 0.985. The Balaban J connectivity index is 2.98. The zero-order chi connectivity index (χ0) is 10.5. The van der Waals surface area contributed by atoms with E-state index >= 15 is 0 Å². The third-order valence-electron chi connectivity index (χ3n) is 1.20. The van der Waals surface area contributed by atoms with Gasteiger partial charge in [0, 0.05) is 10.8 Å². The zero-order valence-electron chi connectivity index (χ0n) is 7.77. The molecule has 0 aromatic rings. The Morgan fingerprint density at radius 2 is 1.57 bits per heavy atom. The Bertz CT molecular complexity index is 199. The largest absolute Gasteiger partial charge is 0.234 e. The Morgan fingerprint density at radius 3 is 2.29 bits per heavy atom. The van der Waals surface area contributed by atoms with Gasteiger partial charge >= 0.3 is 0 Å². The molecule has 0 rings (SSSR count). The van der Waals surface area contributed by atoms with Crippen molar-refractivity contribution in [1.29, 1.82) is 0 Å². The Kier molecular flexibility index (Phi) is 12.0. The number of hydrogen-bond acceptors (Lipinski definition) is 6. The average Bonchev–Trinajstić information content (AvgIpc) is 2.21. The van der Waals surface area contributed by atoms with E-state index in [1.807, 2.05) is 0 Å². The lowest BCUT2D eigenvalue weighted by Crippen LogP contribution is -1.88. The first-order valence-corrected chi connectivity index (χ1v) is 6.45. The molecule has 0 atom stereocenters. The first kappa shape index (κ1) is 13.5. The first-order chi connectivity index (χ1) is 6.91. The SMILES string of the molecule is O=C=NCCCSCSCCN=C=O. The lowest BCUT2D eigenvalue weighted by Gasteiger charge is -1.97. The summed E-state index contributed by atoms with van der Waals surface area (Å²) in [6, 6.07) is 0. The maximum absolute atomic E-state index is 9.70. The van der Waals surface area contributed by atoms with Gasteiger partial charge in [-0.25, -0.2) is 19.6 Å². The predicted molar refractivity (Wildman–Crippen MR) is 60.4 cm³/mol. The average molecular weight is 232 g/mol. The van der Waals surface area contributed by atoms with E-state index in [2.05, 4.69) is 9.98 Å². The molecule has 0 amide bonds. The summed E-state index contributed by atoms with van der Waals surface area (Å²) in [5.41, 5.74) is 0. The Labute approximate surface area is 91.7 Å². The monoisotopic (exact) mass is 232 g/mol. The molecule has 0 aliphatic rings. The zero-order valence-corrected chi connectivity index (χ0v) is 9.40. The topological polar surface area (TPSA) is 58.9 Å². The van der Waals surface area contributed by atoms with Crippen LogP contribution in [0.2, 0.25) is 0 Å². The highest BCUT2D eigenvalue weighted by Gasteiger charge is 1.90. The molecule has 0 fully saturated rings. The number of isocyanates is 2. The van der Waals surface area contributed by atoms with Gasteiger partial charge in [-0.05, 0) is 12.2 Å². The molecule has 0 aliphatic heterocycles. The van der Waals surface area contributed by atoms with Crippen molar-refractivity contribution >= 4 is 35.7 Å². The van der Waals surface area contributed by atoms with Crippen LogP contribution in [0.3, 0.4) is 0 Å². The van der Waals surface area contributed by atoms with Crippen molar-refractivity contribution in [2.45, 2.75) is 6.42 Å². The van der Waals surface area contributed by atoms with Gasteiger partial charge < -0.3 is 0 Å². The highest BCUT2D eigenvalue weighted by molar-refractivity contribution is 8.15. The molecule has 0 unspecified atom stereocenters. The molecule has 0 N–H and O–H groups in total. The summed E-state index contributed by atoms with van der Waals surface area (Å²) < 4.78 is 0. The molecule has 0 heterocycles.